The van der Waals surface area contributed by atoms with Crippen LogP contribution in [0.2, 0.25) is 5.02 Å². The number of quaternary nitrogens is 1. The van der Waals surface area contributed by atoms with Gasteiger partial charge in [0.05, 0.1) is 10.7 Å². The molecule has 122 valence electrons. The summed E-state index contributed by atoms with van der Waals surface area (Å²) in [5, 5.41) is 4.88. The van der Waals surface area contributed by atoms with Gasteiger partial charge >= 0.3 is 0 Å². The van der Waals surface area contributed by atoms with Crippen LogP contribution in [0.5, 0.6) is 0 Å². The van der Waals surface area contributed by atoms with Crippen LogP contribution in [0.4, 0.5) is 10.1 Å². The molecule has 2 rings (SSSR count). The smallest absolute Gasteiger partial charge is 0.279 e. The molecule has 0 saturated carbocycles. The number of rotatable bonds is 6. The lowest BCUT2D eigenvalue weighted by Crippen LogP contribution is -2.87. The van der Waals surface area contributed by atoms with Gasteiger partial charge in [-0.25, -0.2) is 4.39 Å². The lowest BCUT2D eigenvalue weighted by Gasteiger charge is -2.14. The Bertz CT molecular complexity index is 679. The fourth-order valence-electron chi connectivity index (χ4n) is 2.29. The van der Waals surface area contributed by atoms with Crippen LogP contribution in [0.3, 0.4) is 0 Å². The first-order chi connectivity index (χ1) is 11.0. The van der Waals surface area contributed by atoms with Crippen molar-refractivity contribution in [3.63, 3.8) is 0 Å². The number of halogens is 3. The number of hydrogen-bond donors (Lipinski definition) is 2. The van der Waals surface area contributed by atoms with Gasteiger partial charge in [-0.2, -0.15) is 0 Å². The molecule has 0 saturated heterocycles. The summed E-state index contributed by atoms with van der Waals surface area (Å²) >= 11 is 9.32. The second-order valence-corrected chi connectivity index (χ2v) is 6.50. The molecule has 0 fully saturated rings. The average molecular weight is 401 g/mol. The van der Waals surface area contributed by atoms with E-state index in [0.717, 1.165) is 10.9 Å². The molecule has 0 aliphatic rings. The van der Waals surface area contributed by atoms with Crippen molar-refractivity contribution in [2.45, 2.75) is 19.4 Å². The van der Waals surface area contributed by atoms with E-state index in [1.807, 2.05) is 29.6 Å². The molecule has 0 heterocycles. The molecule has 0 aliphatic heterocycles. The van der Waals surface area contributed by atoms with Gasteiger partial charge in [0.2, 0.25) is 0 Å². The van der Waals surface area contributed by atoms with Gasteiger partial charge in [0.15, 0.2) is 6.54 Å². The van der Waals surface area contributed by atoms with E-state index in [2.05, 4.69) is 28.2 Å². The second-order valence-electron chi connectivity index (χ2n) is 5.18. The molecule has 0 radical (unpaired) electrons. The predicted molar refractivity (Wildman–Crippen MR) is 94.0 cm³/mol. The van der Waals surface area contributed by atoms with Gasteiger partial charge in [-0.05, 0) is 30.3 Å². The maximum absolute atomic E-state index is 13.0. The highest BCUT2D eigenvalue weighted by molar-refractivity contribution is 9.10. The van der Waals surface area contributed by atoms with E-state index >= 15 is 0 Å². The number of carbonyl (C=O) groups excluding carboxylic acids is 1. The molecule has 0 aromatic heterocycles. The number of nitrogens with two attached hydrogens (primary N) is 1. The Labute approximate surface area is 148 Å². The summed E-state index contributed by atoms with van der Waals surface area (Å²) in [6.07, 6.45) is 0.909. The molecule has 1 atom stereocenters. The standard InChI is InChI=1S/C17H17BrClFN2O/c1-2-15(11-3-5-12(18)6-4-11)21-10-17(23)22-16-8-7-13(20)9-14(16)19/h3-9,15,21H,2,10H2,1H3,(H,22,23)/p+1/t15-/m0/s1. The SMILES string of the molecule is CC[C@H]([NH2+]CC(=O)Nc1ccc(F)cc1Cl)c1ccc(Br)cc1. The molecule has 2 aromatic carbocycles. The topological polar surface area (TPSA) is 45.7 Å². The van der Waals surface area contributed by atoms with Gasteiger partial charge in [0.1, 0.15) is 11.9 Å². The average Bonchev–Trinajstić information content (AvgIpc) is 2.52. The molecule has 2 aromatic rings. The third kappa shape index (κ3) is 5.30. The van der Waals surface area contributed by atoms with E-state index in [1.165, 1.54) is 23.8 Å². The Kier molecular flexibility index (Phi) is 6.57. The molecule has 3 nitrogen and oxygen atoms in total. The number of nitrogens with one attached hydrogen (secondary N) is 1. The summed E-state index contributed by atoms with van der Waals surface area (Å²) in [5.41, 5.74) is 1.59. The fraction of sp³-hybridized carbons (Fsp3) is 0.235. The van der Waals surface area contributed by atoms with Crippen molar-refractivity contribution in [1.29, 1.82) is 0 Å². The predicted octanol–water partition coefficient (Wildman–Crippen LogP) is 3.89. The number of carbonyl (C=O) groups is 1. The summed E-state index contributed by atoms with van der Waals surface area (Å²) in [4.78, 5) is 12.1. The fourth-order valence-corrected chi connectivity index (χ4v) is 2.77. The van der Waals surface area contributed by atoms with Crippen molar-refractivity contribution in [2.75, 3.05) is 11.9 Å². The number of anilines is 1. The number of amides is 1. The lowest BCUT2D eigenvalue weighted by atomic mass is 10.0. The normalized spacial score (nSPS) is 12.0. The summed E-state index contributed by atoms with van der Waals surface area (Å²) in [6, 6.07) is 12.2. The van der Waals surface area contributed by atoms with E-state index in [1.54, 1.807) is 0 Å². The zero-order chi connectivity index (χ0) is 16.8. The van der Waals surface area contributed by atoms with Crippen LogP contribution < -0.4 is 10.6 Å². The minimum Gasteiger partial charge on any atom is -0.332 e. The maximum atomic E-state index is 13.0. The van der Waals surface area contributed by atoms with Crippen LogP contribution in [0.15, 0.2) is 46.9 Å². The van der Waals surface area contributed by atoms with Crippen LogP contribution in [-0.4, -0.2) is 12.5 Å². The van der Waals surface area contributed by atoms with Gasteiger partial charge in [-0.1, -0.05) is 46.6 Å². The summed E-state index contributed by atoms with van der Waals surface area (Å²) in [7, 11) is 0. The van der Waals surface area contributed by atoms with Gasteiger partial charge in [0, 0.05) is 16.5 Å². The van der Waals surface area contributed by atoms with E-state index in [0.29, 0.717) is 5.69 Å². The Morgan fingerprint density at radius 1 is 1.30 bits per heavy atom. The molecule has 23 heavy (non-hydrogen) atoms. The van der Waals surface area contributed by atoms with E-state index in [-0.39, 0.29) is 23.5 Å². The highest BCUT2D eigenvalue weighted by Gasteiger charge is 2.15. The minimum absolute atomic E-state index is 0.172. The monoisotopic (exact) mass is 399 g/mol. The van der Waals surface area contributed by atoms with Crippen molar-refractivity contribution >= 4 is 39.1 Å². The van der Waals surface area contributed by atoms with Crippen molar-refractivity contribution < 1.29 is 14.5 Å². The van der Waals surface area contributed by atoms with Crippen molar-refractivity contribution in [3.05, 3.63) is 63.3 Å². The molecular formula is C17H18BrClFN2O+. The second kappa shape index (κ2) is 8.43. The first-order valence-corrected chi connectivity index (χ1v) is 8.50. The molecular weight excluding hydrogens is 383 g/mol. The van der Waals surface area contributed by atoms with Crippen molar-refractivity contribution in [3.8, 4) is 0 Å². The van der Waals surface area contributed by atoms with Gasteiger partial charge in [-0.15, -0.1) is 0 Å². The lowest BCUT2D eigenvalue weighted by molar-refractivity contribution is -0.686. The number of benzene rings is 2. The maximum Gasteiger partial charge on any atom is 0.279 e. The first-order valence-electron chi connectivity index (χ1n) is 7.33. The Balaban J connectivity index is 1.93. The molecule has 1 amide bonds. The van der Waals surface area contributed by atoms with E-state index in [4.69, 9.17) is 11.6 Å². The molecule has 0 aliphatic carbocycles. The first kappa shape index (κ1) is 17.9. The molecule has 6 heteroatoms. The molecule has 3 N–H and O–H groups in total. The Morgan fingerprint density at radius 3 is 2.61 bits per heavy atom. The minimum atomic E-state index is -0.430. The Morgan fingerprint density at radius 2 is 2.00 bits per heavy atom. The number of hydrogen-bond acceptors (Lipinski definition) is 1. The van der Waals surface area contributed by atoms with E-state index in [9.17, 15) is 9.18 Å². The largest absolute Gasteiger partial charge is 0.332 e. The summed E-state index contributed by atoms with van der Waals surface area (Å²) in [6.45, 7) is 2.35. The zero-order valence-electron chi connectivity index (χ0n) is 12.7. The van der Waals surface area contributed by atoms with Crippen LogP contribution in [0.25, 0.3) is 0 Å². The van der Waals surface area contributed by atoms with E-state index < -0.39 is 5.82 Å². The summed E-state index contributed by atoms with van der Waals surface area (Å²) in [5.74, 6) is -0.602. The third-order valence-corrected chi connectivity index (χ3v) is 4.37. The highest BCUT2D eigenvalue weighted by atomic mass is 79.9. The Hall–Kier alpha value is -1.43. The van der Waals surface area contributed by atoms with Gasteiger partial charge < -0.3 is 10.6 Å². The van der Waals surface area contributed by atoms with Crippen LogP contribution in [-0.2, 0) is 4.79 Å². The van der Waals surface area contributed by atoms with Crippen LogP contribution in [0.1, 0.15) is 24.9 Å². The molecule has 0 bridgehead atoms. The summed E-state index contributed by atoms with van der Waals surface area (Å²) < 4.78 is 14.0. The zero-order valence-corrected chi connectivity index (χ0v) is 15.0. The quantitative estimate of drug-likeness (QED) is 0.759. The molecule has 0 unspecified atom stereocenters. The van der Waals surface area contributed by atoms with Crippen LogP contribution >= 0.6 is 27.5 Å². The van der Waals surface area contributed by atoms with Crippen molar-refractivity contribution in [1.82, 2.24) is 0 Å². The van der Waals surface area contributed by atoms with Crippen LogP contribution in [0, 0.1) is 5.82 Å². The van der Waals surface area contributed by atoms with Crippen molar-refractivity contribution in [2.24, 2.45) is 0 Å². The third-order valence-electron chi connectivity index (χ3n) is 3.53. The van der Waals surface area contributed by atoms with Gasteiger partial charge in [-0.3, -0.25) is 4.79 Å². The highest BCUT2D eigenvalue weighted by Crippen LogP contribution is 2.22. The van der Waals surface area contributed by atoms with Gasteiger partial charge in [0.25, 0.3) is 5.91 Å². The molecule has 0 spiro atoms.